The quantitative estimate of drug-likeness (QED) is 0.623. The van der Waals surface area contributed by atoms with E-state index < -0.39 is 5.91 Å². The molecule has 0 aliphatic heterocycles. The molecule has 1 amide bonds. The van der Waals surface area contributed by atoms with Crippen molar-refractivity contribution in [1.82, 2.24) is 0 Å². The zero-order valence-electron chi connectivity index (χ0n) is 11.7. The van der Waals surface area contributed by atoms with Crippen LogP contribution in [0.5, 0.6) is 5.75 Å². The van der Waals surface area contributed by atoms with E-state index in [0.29, 0.717) is 6.61 Å². The molecule has 2 rings (SSSR count). The molecule has 0 saturated carbocycles. The zero-order chi connectivity index (χ0) is 15.2. The first-order valence-corrected chi connectivity index (χ1v) is 7.58. The summed E-state index contributed by atoms with van der Waals surface area (Å²) in [5.74, 6) is 0.372. The van der Waals surface area contributed by atoms with Gasteiger partial charge in [-0.05, 0) is 58.9 Å². The smallest absolute Gasteiger partial charge is 0.241 e. The monoisotopic (exact) mass is 393 g/mol. The topological polar surface area (TPSA) is 52.3 Å². The zero-order valence-corrected chi connectivity index (χ0v) is 13.8. The molecule has 2 aromatic carbocycles. The van der Waals surface area contributed by atoms with Gasteiger partial charge in [-0.3, -0.25) is 4.79 Å². The average molecular weight is 393 g/mol. The Bertz CT molecular complexity index is 663. The number of rotatable bonds is 5. The van der Waals surface area contributed by atoms with Crippen molar-refractivity contribution in [3.63, 3.8) is 0 Å². The lowest BCUT2D eigenvalue weighted by molar-refractivity contribution is -0.113. The van der Waals surface area contributed by atoms with Crippen LogP contribution in [0.2, 0.25) is 0 Å². The van der Waals surface area contributed by atoms with Gasteiger partial charge in [0, 0.05) is 6.08 Å². The number of carbonyl (C=O) groups is 1. The van der Waals surface area contributed by atoms with Crippen molar-refractivity contribution in [2.75, 3.05) is 0 Å². The average Bonchev–Trinajstić information content (AvgIpc) is 2.46. The van der Waals surface area contributed by atoms with Crippen molar-refractivity contribution in [2.24, 2.45) is 5.73 Å². The minimum absolute atomic E-state index is 0.454. The molecule has 0 heterocycles. The molecule has 2 aromatic rings. The Morgan fingerprint density at radius 1 is 1.24 bits per heavy atom. The molecule has 21 heavy (non-hydrogen) atoms. The van der Waals surface area contributed by atoms with Crippen molar-refractivity contribution in [1.29, 1.82) is 0 Å². The third kappa shape index (κ3) is 4.90. The lowest BCUT2D eigenvalue weighted by Crippen LogP contribution is -2.05. The Labute approximate surface area is 138 Å². The predicted molar refractivity (Wildman–Crippen MR) is 92.9 cm³/mol. The van der Waals surface area contributed by atoms with Crippen molar-refractivity contribution >= 4 is 34.6 Å². The van der Waals surface area contributed by atoms with E-state index in [2.05, 4.69) is 53.8 Å². The standard InChI is InChI=1S/C17H16INO2/c1-12-2-4-14(5-3-12)11-21-16-8-6-13(10-15(16)18)7-9-17(19)20/h2-10H,11H2,1H3,(H2,19,20)/b9-7+. The number of aryl methyl sites for hydroxylation is 1. The van der Waals surface area contributed by atoms with Crippen LogP contribution in [0.15, 0.2) is 48.5 Å². The molecule has 0 bridgehead atoms. The molecule has 0 aliphatic carbocycles. The molecule has 0 aliphatic rings. The highest BCUT2D eigenvalue weighted by molar-refractivity contribution is 14.1. The van der Waals surface area contributed by atoms with Crippen LogP contribution < -0.4 is 10.5 Å². The lowest BCUT2D eigenvalue weighted by atomic mass is 10.1. The second-order valence-electron chi connectivity index (χ2n) is 4.70. The van der Waals surface area contributed by atoms with Gasteiger partial charge in [0.15, 0.2) is 0 Å². The maximum absolute atomic E-state index is 10.7. The molecule has 0 fully saturated rings. The highest BCUT2D eigenvalue weighted by Crippen LogP contribution is 2.23. The Morgan fingerprint density at radius 2 is 1.95 bits per heavy atom. The van der Waals surface area contributed by atoms with E-state index >= 15 is 0 Å². The van der Waals surface area contributed by atoms with E-state index in [-0.39, 0.29) is 0 Å². The second kappa shape index (κ2) is 7.26. The maximum Gasteiger partial charge on any atom is 0.241 e. The Morgan fingerprint density at radius 3 is 2.57 bits per heavy atom. The molecular formula is C17H16INO2. The van der Waals surface area contributed by atoms with E-state index in [1.165, 1.54) is 11.6 Å². The summed E-state index contributed by atoms with van der Waals surface area (Å²) in [5.41, 5.74) is 8.36. The van der Waals surface area contributed by atoms with Crippen molar-refractivity contribution in [2.45, 2.75) is 13.5 Å². The Kier molecular flexibility index (Phi) is 5.38. The first-order valence-electron chi connectivity index (χ1n) is 6.50. The van der Waals surface area contributed by atoms with Gasteiger partial charge in [-0.25, -0.2) is 0 Å². The van der Waals surface area contributed by atoms with Crippen LogP contribution in [0.1, 0.15) is 16.7 Å². The van der Waals surface area contributed by atoms with Crippen LogP contribution in [0.3, 0.4) is 0 Å². The summed E-state index contributed by atoms with van der Waals surface area (Å²) in [6.07, 6.45) is 3.03. The van der Waals surface area contributed by atoms with E-state index in [1.807, 2.05) is 18.2 Å². The van der Waals surface area contributed by atoms with Gasteiger partial charge in [0.2, 0.25) is 5.91 Å². The first kappa shape index (κ1) is 15.6. The maximum atomic E-state index is 10.7. The highest BCUT2D eigenvalue weighted by Gasteiger charge is 2.02. The molecule has 2 N–H and O–H groups in total. The van der Waals surface area contributed by atoms with Crippen LogP contribution in [0.4, 0.5) is 0 Å². The van der Waals surface area contributed by atoms with Gasteiger partial charge >= 0.3 is 0 Å². The van der Waals surface area contributed by atoms with Crippen molar-refractivity contribution < 1.29 is 9.53 Å². The third-order valence-corrected chi connectivity index (χ3v) is 3.75. The van der Waals surface area contributed by atoms with Crippen molar-refractivity contribution in [3.8, 4) is 5.75 Å². The molecule has 0 aromatic heterocycles. The summed E-state index contributed by atoms with van der Waals surface area (Å²) in [7, 11) is 0. The normalized spacial score (nSPS) is 10.8. The minimum atomic E-state index is -0.454. The summed E-state index contributed by atoms with van der Waals surface area (Å²) in [5, 5.41) is 0. The van der Waals surface area contributed by atoms with E-state index in [0.717, 1.165) is 20.4 Å². The van der Waals surface area contributed by atoms with Crippen molar-refractivity contribution in [3.05, 3.63) is 68.8 Å². The molecule has 4 heteroatoms. The number of benzene rings is 2. The number of amides is 1. The fourth-order valence-electron chi connectivity index (χ4n) is 1.76. The summed E-state index contributed by atoms with van der Waals surface area (Å²) < 4.78 is 6.81. The van der Waals surface area contributed by atoms with E-state index in [9.17, 15) is 4.79 Å². The van der Waals surface area contributed by atoms with Gasteiger partial charge < -0.3 is 10.5 Å². The van der Waals surface area contributed by atoms with Crippen LogP contribution in [-0.2, 0) is 11.4 Å². The van der Waals surface area contributed by atoms with Gasteiger partial charge in [0.1, 0.15) is 12.4 Å². The van der Waals surface area contributed by atoms with Gasteiger partial charge in [0.25, 0.3) is 0 Å². The number of halogens is 1. The number of carbonyl (C=O) groups excluding carboxylic acids is 1. The molecular weight excluding hydrogens is 377 g/mol. The Hall–Kier alpha value is -1.82. The molecule has 0 saturated heterocycles. The molecule has 0 unspecified atom stereocenters. The number of hydrogen-bond donors (Lipinski definition) is 1. The fourth-order valence-corrected chi connectivity index (χ4v) is 2.46. The van der Waals surface area contributed by atoms with Gasteiger partial charge in [-0.2, -0.15) is 0 Å². The van der Waals surface area contributed by atoms with Crippen LogP contribution in [0.25, 0.3) is 6.08 Å². The molecule has 108 valence electrons. The molecule has 0 spiro atoms. The van der Waals surface area contributed by atoms with Crippen LogP contribution in [-0.4, -0.2) is 5.91 Å². The first-order chi connectivity index (χ1) is 10.0. The number of nitrogens with two attached hydrogens (primary N) is 1. The summed E-state index contributed by atoms with van der Waals surface area (Å²) >= 11 is 2.22. The number of ether oxygens (including phenoxy) is 1. The number of hydrogen-bond acceptors (Lipinski definition) is 2. The fraction of sp³-hybridized carbons (Fsp3) is 0.118. The van der Waals surface area contributed by atoms with Gasteiger partial charge in [-0.15, -0.1) is 0 Å². The molecule has 0 radical (unpaired) electrons. The second-order valence-corrected chi connectivity index (χ2v) is 5.86. The van der Waals surface area contributed by atoms with Gasteiger partial charge in [0.05, 0.1) is 3.57 Å². The van der Waals surface area contributed by atoms with Crippen LogP contribution in [0, 0.1) is 10.5 Å². The van der Waals surface area contributed by atoms with E-state index in [1.54, 1.807) is 6.08 Å². The predicted octanol–water partition coefficient (Wildman–Crippen LogP) is 3.68. The SMILES string of the molecule is Cc1ccc(COc2ccc(/C=C/C(N)=O)cc2I)cc1. The summed E-state index contributed by atoms with van der Waals surface area (Å²) in [6, 6.07) is 14.0. The number of primary amides is 1. The Balaban J connectivity index is 2.04. The highest BCUT2D eigenvalue weighted by atomic mass is 127. The minimum Gasteiger partial charge on any atom is -0.488 e. The van der Waals surface area contributed by atoms with Gasteiger partial charge in [-0.1, -0.05) is 35.9 Å². The molecule has 3 nitrogen and oxygen atoms in total. The summed E-state index contributed by atoms with van der Waals surface area (Å²) in [4.78, 5) is 10.7. The summed E-state index contributed by atoms with van der Waals surface area (Å²) in [6.45, 7) is 2.60. The molecule has 0 atom stereocenters. The lowest BCUT2D eigenvalue weighted by Gasteiger charge is -2.09. The van der Waals surface area contributed by atoms with E-state index in [4.69, 9.17) is 10.5 Å². The third-order valence-electron chi connectivity index (χ3n) is 2.91. The van der Waals surface area contributed by atoms with Crippen LogP contribution >= 0.6 is 22.6 Å². The largest absolute Gasteiger partial charge is 0.488 e.